The molecule has 0 aliphatic carbocycles. The Hall–Kier alpha value is 0.380. The minimum absolute atomic E-state index is 0.0797. The third-order valence-electron chi connectivity index (χ3n) is 2.51. The van der Waals surface area contributed by atoms with E-state index >= 15 is 0 Å². The maximum absolute atomic E-state index is 12.1. The standard InChI is InChI=1S/C15H22BrNOS3/c1-15(2,3)21-14(18)13(16)12(17)9-20-11-7-5-10(19-4)6-8-11/h5-8,12-13H,9,17H2,1-4H3/t12-,13+/m0/s1. The predicted molar refractivity (Wildman–Crippen MR) is 102 cm³/mol. The first-order valence-corrected chi connectivity index (χ1v) is 10.6. The highest BCUT2D eigenvalue weighted by Crippen LogP contribution is 2.29. The summed E-state index contributed by atoms with van der Waals surface area (Å²) in [5.74, 6) is 0.713. The lowest BCUT2D eigenvalue weighted by Crippen LogP contribution is -2.38. The molecule has 2 N–H and O–H groups in total. The van der Waals surface area contributed by atoms with Crippen LogP contribution in [0.15, 0.2) is 34.1 Å². The van der Waals surface area contributed by atoms with Crippen LogP contribution in [0, 0.1) is 0 Å². The smallest absolute Gasteiger partial charge is 0.204 e. The van der Waals surface area contributed by atoms with Gasteiger partial charge in [-0.2, -0.15) is 0 Å². The Balaban J connectivity index is 2.48. The maximum atomic E-state index is 12.1. The molecule has 1 aromatic rings. The number of hydrogen-bond acceptors (Lipinski definition) is 5. The van der Waals surface area contributed by atoms with Crippen molar-refractivity contribution in [1.29, 1.82) is 0 Å². The van der Waals surface area contributed by atoms with Crippen LogP contribution >= 0.6 is 51.2 Å². The molecule has 0 amide bonds. The average Bonchev–Trinajstić information content (AvgIpc) is 2.42. The molecule has 21 heavy (non-hydrogen) atoms. The molecule has 0 aliphatic rings. The van der Waals surface area contributed by atoms with Gasteiger partial charge < -0.3 is 5.73 Å². The van der Waals surface area contributed by atoms with Gasteiger partial charge in [0.1, 0.15) is 0 Å². The van der Waals surface area contributed by atoms with Gasteiger partial charge in [-0.25, -0.2) is 0 Å². The third-order valence-corrected chi connectivity index (χ3v) is 6.88. The number of hydrogen-bond donors (Lipinski definition) is 1. The van der Waals surface area contributed by atoms with Gasteiger partial charge in [-0.05, 0) is 30.5 Å². The van der Waals surface area contributed by atoms with Gasteiger partial charge in [0, 0.05) is 26.3 Å². The molecule has 0 bridgehead atoms. The van der Waals surface area contributed by atoms with Gasteiger partial charge >= 0.3 is 0 Å². The SMILES string of the molecule is CSc1ccc(SC[C@H](N)[C@@H](Br)C(=O)SC(C)(C)C)cc1. The lowest BCUT2D eigenvalue weighted by molar-refractivity contribution is -0.110. The molecular weight excluding hydrogens is 386 g/mol. The summed E-state index contributed by atoms with van der Waals surface area (Å²) in [4.78, 5) is 14.2. The summed E-state index contributed by atoms with van der Waals surface area (Å²) in [5.41, 5.74) is 6.13. The predicted octanol–water partition coefficient (Wildman–Crippen LogP) is 4.65. The zero-order valence-electron chi connectivity index (χ0n) is 12.8. The van der Waals surface area contributed by atoms with Crippen molar-refractivity contribution in [3.05, 3.63) is 24.3 Å². The van der Waals surface area contributed by atoms with Crippen LogP contribution in [0.25, 0.3) is 0 Å². The molecule has 0 aromatic heterocycles. The van der Waals surface area contributed by atoms with E-state index in [4.69, 9.17) is 5.73 Å². The van der Waals surface area contributed by atoms with Crippen LogP contribution in [0.4, 0.5) is 0 Å². The van der Waals surface area contributed by atoms with Crippen molar-refractivity contribution >= 4 is 56.3 Å². The average molecular weight is 408 g/mol. The number of halogens is 1. The Labute approximate surface area is 148 Å². The summed E-state index contributed by atoms with van der Waals surface area (Å²) in [6.45, 7) is 6.09. The minimum atomic E-state index is -0.306. The van der Waals surface area contributed by atoms with Crippen molar-refractivity contribution in [2.24, 2.45) is 5.73 Å². The zero-order chi connectivity index (χ0) is 16.0. The molecule has 0 heterocycles. The number of rotatable bonds is 6. The molecule has 0 fully saturated rings. The topological polar surface area (TPSA) is 43.1 Å². The van der Waals surface area contributed by atoms with Crippen LogP contribution in [0.1, 0.15) is 20.8 Å². The molecule has 1 aromatic carbocycles. The third kappa shape index (κ3) is 7.46. The number of carbonyl (C=O) groups excluding carboxylic acids is 1. The van der Waals surface area contributed by atoms with Gasteiger partial charge in [-0.15, -0.1) is 23.5 Å². The number of thioether (sulfide) groups is 3. The highest BCUT2D eigenvalue weighted by atomic mass is 79.9. The Morgan fingerprint density at radius 2 is 1.76 bits per heavy atom. The van der Waals surface area contributed by atoms with Gasteiger partial charge in [0.2, 0.25) is 5.12 Å². The Bertz CT molecular complexity index is 459. The molecule has 0 aliphatic heterocycles. The zero-order valence-corrected chi connectivity index (χ0v) is 16.8. The molecule has 0 unspecified atom stereocenters. The Morgan fingerprint density at radius 1 is 1.24 bits per heavy atom. The Kier molecular flexibility index (Phi) is 8.20. The molecule has 0 radical (unpaired) electrons. The van der Waals surface area contributed by atoms with E-state index < -0.39 is 0 Å². The fourth-order valence-electron chi connectivity index (χ4n) is 1.48. The van der Waals surface area contributed by atoms with Crippen molar-refractivity contribution < 1.29 is 4.79 Å². The summed E-state index contributed by atoms with van der Waals surface area (Å²) in [6, 6.07) is 8.20. The minimum Gasteiger partial charge on any atom is -0.326 e. The van der Waals surface area contributed by atoms with Crippen molar-refractivity contribution in [1.82, 2.24) is 0 Å². The van der Waals surface area contributed by atoms with Crippen LogP contribution in [0.2, 0.25) is 0 Å². The lowest BCUT2D eigenvalue weighted by atomic mass is 10.2. The molecule has 0 saturated heterocycles. The number of benzene rings is 1. The Morgan fingerprint density at radius 3 is 2.24 bits per heavy atom. The number of alkyl halides is 1. The molecule has 118 valence electrons. The van der Waals surface area contributed by atoms with E-state index in [2.05, 4.69) is 46.5 Å². The van der Waals surface area contributed by atoms with Crippen molar-refractivity contribution in [2.75, 3.05) is 12.0 Å². The second-order valence-electron chi connectivity index (χ2n) is 5.59. The molecule has 6 heteroatoms. The maximum Gasteiger partial charge on any atom is 0.204 e. The highest BCUT2D eigenvalue weighted by molar-refractivity contribution is 9.10. The van der Waals surface area contributed by atoms with Gasteiger partial charge in [0.15, 0.2) is 0 Å². The number of nitrogens with two attached hydrogens (primary N) is 1. The van der Waals surface area contributed by atoms with Crippen LogP contribution in [0.3, 0.4) is 0 Å². The summed E-state index contributed by atoms with van der Waals surface area (Å²) in [6.07, 6.45) is 2.06. The largest absolute Gasteiger partial charge is 0.326 e. The number of carbonyl (C=O) groups is 1. The normalized spacial score (nSPS) is 14.8. The van der Waals surface area contributed by atoms with Crippen LogP contribution in [0.5, 0.6) is 0 Å². The van der Waals surface area contributed by atoms with Gasteiger partial charge in [0.05, 0.1) is 4.83 Å². The van der Waals surface area contributed by atoms with E-state index in [0.29, 0.717) is 5.75 Å². The fraction of sp³-hybridized carbons (Fsp3) is 0.533. The molecular formula is C15H22BrNOS3. The van der Waals surface area contributed by atoms with Crippen LogP contribution in [-0.4, -0.2) is 32.7 Å². The first kappa shape index (κ1) is 19.4. The molecule has 1 rings (SSSR count). The van der Waals surface area contributed by atoms with Gasteiger partial charge in [-0.3, -0.25) is 4.79 Å². The second-order valence-corrected chi connectivity index (χ2v) is 10.4. The lowest BCUT2D eigenvalue weighted by Gasteiger charge is -2.21. The summed E-state index contributed by atoms with van der Waals surface area (Å²) in [5, 5.41) is 0.105. The monoisotopic (exact) mass is 407 g/mol. The van der Waals surface area contributed by atoms with Crippen molar-refractivity contribution in [2.45, 2.75) is 46.2 Å². The summed E-state index contributed by atoms with van der Waals surface area (Å²) < 4.78 is -0.0797. The first-order valence-electron chi connectivity index (χ1n) is 6.62. The molecule has 0 saturated carbocycles. The fourth-order valence-corrected chi connectivity index (χ4v) is 4.40. The molecule has 2 nitrogen and oxygen atoms in total. The molecule has 2 atom stereocenters. The van der Waals surface area contributed by atoms with E-state index in [9.17, 15) is 4.79 Å². The van der Waals surface area contributed by atoms with Crippen LogP contribution in [-0.2, 0) is 4.79 Å². The van der Waals surface area contributed by atoms with E-state index in [-0.39, 0.29) is 20.7 Å². The van der Waals surface area contributed by atoms with Crippen molar-refractivity contribution in [3.63, 3.8) is 0 Å². The molecule has 0 spiro atoms. The summed E-state index contributed by atoms with van der Waals surface area (Å²) in [7, 11) is 0. The quantitative estimate of drug-likeness (QED) is 0.548. The second kappa shape index (κ2) is 8.87. The van der Waals surface area contributed by atoms with Crippen molar-refractivity contribution in [3.8, 4) is 0 Å². The van der Waals surface area contributed by atoms with E-state index in [1.165, 1.54) is 21.6 Å². The van der Waals surface area contributed by atoms with E-state index in [0.717, 1.165) is 0 Å². The summed E-state index contributed by atoms with van der Waals surface area (Å²) >= 11 is 8.20. The van der Waals surface area contributed by atoms with Gasteiger partial charge in [-0.1, -0.05) is 48.5 Å². The van der Waals surface area contributed by atoms with Gasteiger partial charge in [0.25, 0.3) is 0 Å². The van der Waals surface area contributed by atoms with E-state index in [1.807, 2.05) is 20.8 Å². The van der Waals surface area contributed by atoms with Crippen LogP contribution < -0.4 is 5.73 Å². The van der Waals surface area contributed by atoms with E-state index in [1.54, 1.807) is 23.5 Å². The first-order chi connectivity index (χ1) is 9.73. The highest BCUT2D eigenvalue weighted by Gasteiger charge is 2.27.